The van der Waals surface area contributed by atoms with Gasteiger partial charge in [0.15, 0.2) is 0 Å². The van der Waals surface area contributed by atoms with Gasteiger partial charge in [-0.1, -0.05) is 91.5 Å². The molecule has 7 nitrogen and oxygen atoms in total. The van der Waals surface area contributed by atoms with Gasteiger partial charge in [-0.3, -0.25) is 13.9 Å². The van der Waals surface area contributed by atoms with Crippen LogP contribution in [0.4, 0.5) is 18.9 Å². The molecule has 1 aliphatic carbocycles. The van der Waals surface area contributed by atoms with Crippen LogP contribution in [0.3, 0.4) is 0 Å². The highest BCUT2D eigenvalue weighted by Crippen LogP contribution is 2.37. The lowest BCUT2D eigenvalue weighted by atomic mass is 9.94. The van der Waals surface area contributed by atoms with Gasteiger partial charge in [-0.25, -0.2) is 8.42 Å². The number of sulfonamides is 1. The Morgan fingerprint density at radius 1 is 0.932 bits per heavy atom. The van der Waals surface area contributed by atoms with Gasteiger partial charge in [0.1, 0.15) is 12.6 Å². The van der Waals surface area contributed by atoms with Gasteiger partial charge in [0.05, 0.1) is 22.5 Å². The summed E-state index contributed by atoms with van der Waals surface area (Å²) < 4.78 is 67.4. The first kappa shape index (κ1) is 33.3. The van der Waals surface area contributed by atoms with Crippen molar-refractivity contribution in [1.29, 1.82) is 0 Å². The van der Waals surface area contributed by atoms with Gasteiger partial charge in [0.25, 0.3) is 0 Å². The second kappa shape index (κ2) is 14.5. The minimum Gasteiger partial charge on any atom is -0.352 e. The number of hydrogen-bond donors (Lipinski definition) is 1. The Bertz CT molecular complexity index is 1530. The maximum absolute atomic E-state index is 14.1. The zero-order chi connectivity index (χ0) is 31.9. The van der Waals surface area contributed by atoms with Crippen molar-refractivity contribution >= 4 is 39.1 Å². The first-order valence-corrected chi connectivity index (χ1v) is 16.6. The number of nitrogens with one attached hydrogen (secondary N) is 1. The van der Waals surface area contributed by atoms with Crippen molar-refractivity contribution in [3.8, 4) is 0 Å². The normalized spacial score (nSPS) is 14.9. The number of anilines is 1. The fourth-order valence-corrected chi connectivity index (χ4v) is 6.44. The Kier molecular flexibility index (Phi) is 11.0. The second-order valence-electron chi connectivity index (χ2n) is 11.0. The van der Waals surface area contributed by atoms with Crippen molar-refractivity contribution in [2.24, 2.45) is 0 Å². The van der Waals surface area contributed by atoms with Crippen LogP contribution in [0.1, 0.15) is 48.8 Å². The molecule has 0 radical (unpaired) electrons. The molecule has 44 heavy (non-hydrogen) atoms. The van der Waals surface area contributed by atoms with Crippen molar-refractivity contribution in [2.75, 3.05) is 17.1 Å². The average molecular weight is 650 g/mol. The van der Waals surface area contributed by atoms with Gasteiger partial charge in [-0.05, 0) is 42.2 Å². The van der Waals surface area contributed by atoms with Gasteiger partial charge >= 0.3 is 6.18 Å². The molecule has 2 amide bonds. The lowest BCUT2D eigenvalue weighted by molar-refractivity contribution is -0.140. The average Bonchev–Trinajstić information content (AvgIpc) is 2.98. The molecule has 1 aliphatic rings. The summed E-state index contributed by atoms with van der Waals surface area (Å²) in [6.45, 7) is -0.853. The molecule has 0 saturated heterocycles. The van der Waals surface area contributed by atoms with E-state index in [0.29, 0.717) is 15.9 Å². The monoisotopic (exact) mass is 649 g/mol. The predicted molar refractivity (Wildman–Crippen MR) is 165 cm³/mol. The van der Waals surface area contributed by atoms with Crippen LogP contribution in [0.25, 0.3) is 0 Å². The highest BCUT2D eigenvalue weighted by molar-refractivity contribution is 7.92. The number of hydrogen-bond acceptors (Lipinski definition) is 4. The number of carbonyl (C=O) groups excluding carboxylic acids is 2. The smallest absolute Gasteiger partial charge is 0.352 e. The molecule has 12 heteroatoms. The summed E-state index contributed by atoms with van der Waals surface area (Å²) >= 11 is 5.77. The summed E-state index contributed by atoms with van der Waals surface area (Å²) in [6, 6.07) is 19.7. The van der Waals surface area contributed by atoms with Crippen LogP contribution in [0, 0.1) is 0 Å². The number of carbonyl (C=O) groups is 2. The molecule has 0 aromatic heterocycles. The van der Waals surface area contributed by atoms with Crippen molar-refractivity contribution in [3.63, 3.8) is 0 Å². The molecule has 3 aromatic carbocycles. The maximum Gasteiger partial charge on any atom is 0.417 e. The Morgan fingerprint density at radius 3 is 2.09 bits per heavy atom. The first-order valence-electron chi connectivity index (χ1n) is 14.3. The maximum atomic E-state index is 14.1. The largest absolute Gasteiger partial charge is 0.417 e. The summed E-state index contributed by atoms with van der Waals surface area (Å²) in [5.41, 5.74) is -0.119. The number of rotatable bonds is 11. The van der Waals surface area contributed by atoms with Gasteiger partial charge < -0.3 is 10.2 Å². The van der Waals surface area contributed by atoms with Crippen molar-refractivity contribution in [2.45, 2.75) is 63.3 Å². The SMILES string of the molecule is CS(=O)(=O)N(CC(=O)N(Cc1ccccc1)[C@@H](Cc1ccccc1)C(=O)NC1CCCCC1)c1ccc(Cl)c(C(F)(F)F)c1. The number of amides is 2. The molecule has 0 heterocycles. The minimum atomic E-state index is -4.85. The molecule has 1 atom stereocenters. The first-order chi connectivity index (χ1) is 20.8. The van der Waals surface area contributed by atoms with E-state index in [2.05, 4.69) is 5.32 Å². The topological polar surface area (TPSA) is 86.8 Å². The van der Waals surface area contributed by atoms with E-state index < -0.39 is 45.3 Å². The summed E-state index contributed by atoms with van der Waals surface area (Å²) in [7, 11) is -4.25. The standard InChI is InChI=1S/C32H35ClF3N3O4S/c1-44(42,43)39(26-17-18-28(33)27(20-26)32(34,35)36)22-30(40)38(21-24-13-7-3-8-14-24)29(19-23-11-5-2-6-12-23)31(41)37-25-15-9-4-10-16-25/h2-3,5-8,11-14,17-18,20,25,29H,4,9-10,15-16,19,21-22H2,1H3,(H,37,41)/t29-/m0/s1. The van der Waals surface area contributed by atoms with Crippen molar-refractivity contribution in [1.82, 2.24) is 10.2 Å². The summed E-state index contributed by atoms with van der Waals surface area (Å²) in [5.74, 6) is -1.12. The molecule has 0 spiro atoms. The third kappa shape index (κ3) is 8.98. The zero-order valence-corrected chi connectivity index (χ0v) is 25.8. The van der Waals surface area contributed by atoms with E-state index in [4.69, 9.17) is 11.6 Å². The Labute approximate surface area is 261 Å². The molecule has 0 unspecified atom stereocenters. The lowest BCUT2D eigenvalue weighted by Crippen LogP contribution is -2.55. The molecular formula is C32H35ClF3N3O4S. The van der Waals surface area contributed by atoms with Crippen molar-refractivity contribution in [3.05, 3.63) is 101 Å². The van der Waals surface area contributed by atoms with E-state index in [9.17, 15) is 31.2 Å². The summed E-state index contributed by atoms with van der Waals surface area (Å²) in [5, 5.41) is 2.50. The van der Waals surface area contributed by atoms with Crippen LogP contribution in [0.15, 0.2) is 78.9 Å². The number of alkyl halides is 3. The van der Waals surface area contributed by atoms with E-state index in [1.54, 1.807) is 30.3 Å². The van der Waals surface area contributed by atoms with E-state index in [0.717, 1.165) is 56.1 Å². The molecule has 1 N–H and O–H groups in total. The number of halogens is 4. The minimum absolute atomic E-state index is 0.0265. The fourth-order valence-electron chi connectivity index (χ4n) is 5.38. The predicted octanol–water partition coefficient (Wildman–Crippen LogP) is 6.21. The van der Waals surface area contributed by atoms with Gasteiger partial charge in [0.2, 0.25) is 21.8 Å². The van der Waals surface area contributed by atoms with Crippen molar-refractivity contribution < 1.29 is 31.2 Å². The Balaban J connectivity index is 1.74. The van der Waals surface area contributed by atoms with E-state index in [1.165, 1.54) is 4.90 Å². The zero-order valence-electron chi connectivity index (χ0n) is 24.3. The molecule has 0 aliphatic heterocycles. The second-order valence-corrected chi connectivity index (χ2v) is 13.3. The summed E-state index contributed by atoms with van der Waals surface area (Å²) in [4.78, 5) is 29.4. The van der Waals surface area contributed by atoms with Gasteiger partial charge in [0, 0.05) is 19.0 Å². The molecule has 0 bridgehead atoms. The number of nitrogens with zero attached hydrogens (tertiary/aromatic N) is 2. The third-order valence-corrected chi connectivity index (χ3v) is 9.11. The van der Waals surface area contributed by atoms with Crippen LogP contribution >= 0.6 is 11.6 Å². The van der Waals surface area contributed by atoms with Gasteiger partial charge in [-0.15, -0.1) is 0 Å². The van der Waals surface area contributed by atoms with Crippen LogP contribution in [-0.2, 0) is 38.8 Å². The molecule has 1 fully saturated rings. The Hall–Kier alpha value is -3.57. The molecular weight excluding hydrogens is 615 g/mol. The van der Waals surface area contributed by atoms with E-state index in [1.807, 2.05) is 30.3 Å². The molecule has 1 saturated carbocycles. The Morgan fingerprint density at radius 2 is 1.52 bits per heavy atom. The van der Waals surface area contributed by atoms with Crippen LogP contribution in [0.5, 0.6) is 0 Å². The van der Waals surface area contributed by atoms with Crippen LogP contribution in [-0.4, -0.2) is 50.0 Å². The molecule has 4 rings (SSSR count). The third-order valence-electron chi connectivity index (χ3n) is 7.64. The quantitative estimate of drug-likeness (QED) is 0.268. The highest BCUT2D eigenvalue weighted by atomic mass is 35.5. The van der Waals surface area contributed by atoms with Gasteiger partial charge in [-0.2, -0.15) is 13.2 Å². The van der Waals surface area contributed by atoms with E-state index in [-0.39, 0.29) is 30.6 Å². The van der Waals surface area contributed by atoms with E-state index >= 15 is 0 Å². The lowest BCUT2D eigenvalue weighted by Gasteiger charge is -2.35. The summed E-state index contributed by atoms with van der Waals surface area (Å²) in [6.07, 6.45) is 0.776. The number of benzene rings is 3. The highest BCUT2D eigenvalue weighted by Gasteiger charge is 2.37. The van der Waals surface area contributed by atoms with Crippen LogP contribution < -0.4 is 9.62 Å². The molecule has 236 valence electrons. The van der Waals surface area contributed by atoms with Crippen LogP contribution in [0.2, 0.25) is 5.02 Å². The fraction of sp³-hybridized carbons (Fsp3) is 0.375. The molecule has 3 aromatic rings.